The van der Waals surface area contributed by atoms with Crippen molar-refractivity contribution in [2.45, 2.75) is 51.6 Å². The van der Waals surface area contributed by atoms with Crippen LogP contribution in [0.3, 0.4) is 0 Å². The summed E-state index contributed by atoms with van der Waals surface area (Å²) in [5.41, 5.74) is 6.00. The van der Waals surface area contributed by atoms with Gasteiger partial charge < -0.3 is 5.73 Å². The van der Waals surface area contributed by atoms with Gasteiger partial charge in [0.15, 0.2) is 0 Å². The van der Waals surface area contributed by atoms with Crippen molar-refractivity contribution in [2.24, 2.45) is 11.7 Å². The van der Waals surface area contributed by atoms with Crippen molar-refractivity contribution in [3.63, 3.8) is 0 Å². The van der Waals surface area contributed by atoms with Gasteiger partial charge in [0.2, 0.25) is 0 Å². The van der Waals surface area contributed by atoms with E-state index in [9.17, 15) is 8.42 Å². The first kappa shape index (κ1) is 14.9. The van der Waals surface area contributed by atoms with Gasteiger partial charge in [-0.1, -0.05) is 26.7 Å². The topological polar surface area (TPSA) is 75.4 Å². The highest BCUT2D eigenvalue weighted by atomic mass is 32.2. The molecule has 0 aromatic rings. The predicted molar refractivity (Wildman–Crippen MR) is 69.8 cm³/mol. The first-order valence-electron chi connectivity index (χ1n) is 6.33. The highest BCUT2D eigenvalue weighted by Gasteiger charge is 2.32. The number of rotatable bonds is 5. The van der Waals surface area contributed by atoms with Gasteiger partial charge in [-0.25, -0.2) is 4.72 Å². The van der Waals surface area contributed by atoms with Crippen LogP contribution in [0.4, 0.5) is 0 Å². The molecule has 0 bridgehead atoms. The summed E-state index contributed by atoms with van der Waals surface area (Å²) in [4.78, 5) is 0. The highest BCUT2D eigenvalue weighted by Crippen LogP contribution is 2.22. The van der Waals surface area contributed by atoms with Crippen molar-refractivity contribution in [2.75, 3.05) is 13.6 Å². The minimum Gasteiger partial charge on any atom is -0.326 e. The fourth-order valence-electron chi connectivity index (χ4n) is 2.14. The molecule has 1 aliphatic carbocycles. The third kappa shape index (κ3) is 4.21. The van der Waals surface area contributed by atoms with E-state index in [0.29, 0.717) is 12.5 Å². The van der Waals surface area contributed by atoms with E-state index in [2.05, 4.69) is 4.72 Å². The van der Waals surface area contributed by atoms with Crippen LogP contribution in [0.15, 0.2) is 0 Å². The van der Waals surface area contributed by atoms with Crippen LogP contribution in [-0.2, 0) is 10.2 Å². The SMILES string of the molecule is CC(C)CNS(=O)(=O)N(C)C1CCCCC1N. The Kier molecular flexibility index (Phi) is 5.37. The molecule has 0 amide bonds. The lowest BCUT2D eigenvalue weighted by molar-refractivity contribution is 0.249. The number of hydrogen-bond acceptors (Lipinski definition) is 3. The summed E-state index contributed by atoms with van der Waals surface area (Å²) in [5, 5.41) is 0. The predicted octanol–water partition coefficient (Wildman–Crippen LogP) is 0.679. The smallest absolute Gasteiger partial charge is 0.279 e. The van der Waals surface area contributed by atoms with Crippen LogP contribution >= 0.6 is 0 Å². The molecule has 17 heavy (non-hydrogen) atoms. The Labute approximate surface area is 105 Å². The Bertz CT molecular complexity index is 330. The number of nitrogens with zero attached hydrogens (tertiary/aromatic N) is 1. The maximum absolute atomic E-state index is 12.0. The molecule has 2 unspecified atom stereocenters. The zero-order valence-electron chi connectivity index (χ0n) is 11.0. The van der Waals surface area contributed by atoms with Gasteiger partial charge in [-0.15, -0.1) is 0 Å². The number of hydrogen-bond donors (Lipinski definition) is 2. The minimum absolute atomic E-state index is 0.0376. The van der Waals surface area contributed by atoms with Crippen molar-refractivity contribution in [1.29, 1.82) is 0 Å². The van der Waals surface area contributed by atoms with Gasteiger partial charge in [0.05, 0.1) is 0 Å². The molecule has 3 N–H and O–H groups in total. The summed E-state index contributed by atoms with van der Waals surface area (Å²) in [6.07, 6.45) is 3.93. The van der Waals surface area contributed by atoms with Gasteiger partial charge in [0, 0.05) is 25.7 Å². The summed E-state index contributed by atoms with van der Waals surface area (Å²) in [7, 11) is -1.76. The maximum Gasteiger partial charge on any atom is 0.279 e. The van der Waals surface area contributed by atoms with Gasteiger partial charge >= 0.3 is 0 Å². The third-order valence-corrected chi connectivity index (χ3v) is 4.86. The van der Waals surface area contributed by atoms with Gasteiger partial charge in [0.25, 0.3) is 10.2 Å². The molecule has 1 saturated carbocycles. The summed E-state index contributed by atoms with van der Waals surface area (Å²) in [5.74, 6) is 0.304. The molecule has 1 rings (SSSR count). The van der Waals surface area contributed by atoms with Gasteiger partial charge in [-0.05, 0) is 18.8 Å². The molecule has 102 valence electrons. The number of nitrogens with one attached hydrogen (secondary N) is 1. The quantitative estimate of drug-likeness (QED) is 0.766. The van der Waals surface area contributed by atoms with E-state index in [4.69, 9.17) is 5.73 Å². The zero-order valence-corrected chi connectivity index (χ0v) is 11.8. The minimum atomic E-state index is -3.38. The molecule has 5 nitrogen and oxygen atoms in total. The van der Waals surface area contributed by atoms with Gasteiger partial charge in [-0.3, -0.25) is 0 Å². The van der Waals surface area contributed by atoms with E-state index < -0.39 is 10.2 Å². The average molecular weight is 263 g/mol. The Morgan fingerprint density at radius 3 is 2.47 bits per heavy atom. The van der Waals surface area contributed by atoms with Crippen LogP contribution < -0.4 is 10.5 Å². The normalized spacial score (nSPS) is 26.7. The molecule has 2 atom stereocenters. The molecule has 0 radical (unpaired) electrons. The summed E-state index contributed by atoms with van der Waals surface area (Å²) >= 11 is 0. The largest absolute Gasteiger partial charge is 0.326 e. The lowest BCUT2D eigenvalue weighted by Crippen LogP contribution is -2.53. The van der Waals surface area contributed by atoms with E-state index in [1.165, 1.54) is 4.31 Å². The van der Waals surface area contributed by atoms with Crippen molar-refractivity contribution in [3.05, 3.63) is 0 Å². The Morgan fingerprint density at radius 2 is 1.94 bits per heavy atom. The third-order valence-electron chi connectivity index (χ3n) is 3.30. The van der Waals surface area contributed by atoms with Crippen molar-refractivity contribution in [1.82, 2.24) is 9.03 Å². The second-order valence-corrected chi connectivity index (χ2v) is 7.09. The Hall–Kier alpha value is -0.170. The summed E-state index contributed by atoms with van der Waals surface area (Å²) in [6.45, 7) is 4.43. The van der Waals surface area contributed by atoms with E-state index in [1.807, 2.05) is 13.8 Å². The molecule has 0 aromatic carbocycles. The fourth-order valence-corrected chi connectivity index (χ4v) is 3.51. The monoisotopic (exact) mass is 263 g/mol. The van der Waals surface area contributed by atoms with Crippen LogP contribution in [0.25, 0.3) is 0 Å². The van der Waals surface area contributed by atoms with Crippen molar-refractivity contribution >= 4 is 10.2 Å². The number of likely N-dealkylation sites (N-methyl/N-ethyl adjacent to an activating group) is 1. The Morgan fingerprint density at radius 1 is 1.35 bits per heavy atom. The molecular weight excluding hydrogens is 238 g/mol. The van der Waals surface area contributed by atoms with Crippen LogP contribution in [-0.4, -0.2) is 38.4 Å². The van der Waals surface area contributed by atoms with Crippen LogP contribution in [0.1, 0.15) is 39.5 Å². The Balaban J connectivity index is 2.63. The van der Waals surface area contributed by atoms with E-state index in [0.717, 1.165) is 25.7 Å². The van der Waals surface area contributed by atoms with E-state index in [-0.39, 0.29) is 12.1 Å². The fraction of sp³-hybridized carbons (Fsp3) is 1.00. The second kappa shape index (κ2) is 6.13. The molecule has 1 fully saturated rings. The molecule has 0 saturated heterocycles. The van der Waals surface area contributed by atoms with E-state index >= 15 is 0 Å². The maximum atomic E-state index is 12.0. The second-order valence-electron chi connectivity index (χ2n) is 5.28. The molecule has 0 heterocycles. The molecule has 0 aromatic heterocycles. The van der Waals surface area contributed by atoms with Crippen molar-refractivity contribution < 1.29 is 8.42 Å². The lowest BCUT2D eigenvalue weighted by atomic mass is 9.91. The summed E-state index contributed by atoms with van der Waals surface area (Å²) < 4.78 is 28.1. The molecule has 6 heteroatoms. The molecule has 1 aliphatic rings. The standard InChI is InChI=1S/C11H25N3O2S/c1-9(2)8-13-17(15,16)14(3)11-7-5-4-6-10(11)12/h9-11,13H,4-8,12H2,1-3H3. The average Bonchev–Trinajstić information content (AvgIpc) is 2.26. The van der Waals surface area contributed by atoms with Crippen LogP contribution in [0.5, 0.6) is 0 Å². The summed E-state index contributed by atoms with van der Waals surface area (Å²) in [6, 6.07) is -0.0993. The first-order chi connectivity index (χ1) is 7.84. The van der Waals surface area contributed by atoms with Gasteiger partial charge in [0.1, 0.15) is 0 Å². The van der Waals surface area contributed by atoms with E-state index in [1.54, 1.807) is 7.05 Å². The molecule has 0 spiro atoms. The lowest BCUT2D eigenvalue weighted by Gasteiger charge is -2.35. The number of nitrogens with two attached hydrogens (primary N) is 1. The van der Waals surface area contributed by atoms with Crippen molar-refractivity contribution in [3.8, 4) is 0 Å². The van der Waals surface area contributed by atoms with Crippen LogP contribution in [0, 0.1) is 5.92 Å². The van der Waals surface area contributed by atoms with Crippen LogP contribution in [0.2, 0.25) is 0 Å². The molecular formula is C11H25N3O2S. The first-order valence-corrected chi connectivity index (χ1v) is 7.77. The molecule has 0 aliphatic heterocycles. The zero-order chi connectivity index (χ0) is 13.1. The highest BCUT2D eigenvalue weighted by molar-refractivity contribution is 7.87. The van der Waals surface area contributed by atoms with Gasteiger partial charge in [-0.2, -0.15) is 12.7 Å².